The lowest BCUT2D eigenvalue weighted by Crippen LogP contribution is -2.66. The van der Waals surface area contributed by atoms with E-state index in [1.165, 1.54) is 19.1 Å². The highest BCUT2D eigenvalue weighted by Gasteiger charge is 2.58. The van der Waals surface area contributed by atoms with Crippen LogP contribution in [0.4, 0.5) is 5.69 Å². The molecule has 0 radical (unpaired) electrons. The molecule has 2 atom stereocenters. The number of nitrogens with zero attached hydrogens (tertiary/aromatic N) is 3. The maximum Gasteiger partial charge on any atom is 0.330 e. The van der Waals surface area contributed by atoms with Crippen molar-refractivity contribution >= 4 is 40.3 Å². The number of benzene rings is 2. The number of carbonyl (C=O) groups excluding carboxylic acids is 2. The number of imide groups is 1. The van der Waals surface area contributed by atoms with Crippen molar-refractivity contribution in [3.8, 4) is 12.3 Å². The summed E-state index contributed by atoms with van der Waals surface area (Å²) in [5, 5.41) is 20.5. The standard InChI is InChI=1S/C37H47N5O7/c1-10-19-41(21-23-11-17-28-26(20-23)30(44)40-22(2)39-28)25-14-12-24(13-15-25)31(45)42(29(43)18-16-27(38)32(46)47)37(9,34(48)49)33(35(3,4)5)36(6,7)8/h1,11-15,17,20,27,33H,16,18-19,21,38H2,2-9H3,(H,46,47)(H,48,49)(H,39,40,44)/t27-,37-/m0/s1. The van der Waals surface area contributed by atoms with Crippen molar-refractivity contribution in [2.75, 3.05) is 11.4 Å². The Morgan fingerprint density at radius 3 is 2.08 bits per heavy atom. The molecule has 3 aromatic rings. The Morgan fingerprint density at radius 2 is 1.57 bits per heavy atom. The summed E-state index contributed by atoms with van der Waals surface area (Å²) in [5.74, 6) is -1.99. The van der Waals surface area contributed by atoms with Crippen LogP contribution in [0.2, 0.25) is 0 Å². The molecule has 0 unspecified atom stereocenters. The molecule has 2 aromatic carbocycles. The van der Waals surface area contributed by atoms with Gasteiger partial charge in [0.15, 0.2) is 0 Å². The molecule has 2 amide bonds. The Kier molecular flexibility index (Phi) is 11.5. The maximum atomic E-state index is 14.4. The molecule has 0 aliphatic heterocycles. The molecular weight excluding hydrogens is 626 g/mol. The number of aromatic nitrogens is 2. The van der Waals surface area contributed by atoms with Crippen LogP contribution >= 0.6 is 0 Å². The van der Waals surface area contributed by atoms with Gasteiger partial charge < -0.3 is 25.8 Å². The molecule has 0 fully saturated rings. The van der Waals surface area contributed by atoms with E-state index in [1.54, 1.807) is 31.2 Å². The lowest BCUT2D eigenvalue weighted by atomic mass is 9.57. The minimum Gasteiger partial charge on any atom is -0.480 e. The Bertz CT molecular complexity index is 1820. The Balaban J connectivity index is 2.07. The molecule has 0 bridgehead atoms. The highest BCUT2D eigenvalue weighted by Crippen LogP contribution is 2.49. The minimum atomic E-state index is -2.03. The zero-order chi connectivity index (χ0) is 37.1. The third-order valence-corrected chi connectivity index (χ3v) is 8.65. The van der Waals surface area contributed by atoms with E-state index < -0.39 is 58.5 Å². The number of nitrogens with two attached hydrogens (primary N) is 1. The smallest absolute Gasteiger partial charge is 0.330 e. The molecule has 1 heterocycles. The lowest BCUT2D eigenvalue weighted by Gasteiger charge is -2.53. The molecule has 1 aromatic heterocycles. The van der Waals surface area contributed by atoms with Crippen molar-refractivity contribution in [1.29, 1.82) is 0 Å². The Hall–Kier alpha value is -5.02. The monoisotopic (exact) mass is 673 g/mol. The molecule has 12 heteroatoms. The largest absolute Gasteiger partial charge is 0.480 e. The quantitative estimate of drug-likeness (QED) is 0.198. The number of hydrogen-bond acceptors (Lipinski definition) is 8. The number of aromatic amines is 1. The van der Waals surface area contributed by atoms with E-state index in [9.17, 15) is 34.2 Å². The van der Waals surface area contributed by atoms with E-state index in [0.717, 1.165) is 10.5 Å². The summed E-state index contributed by atoms with van der Waals surface area (Å²) in [4.78, 5) is 75.2. The molecule has 262 valence electrons. The van der Waals surface area contributed by atoms with Crippen LogP contribution in [0.1, 0.15) is 83.1 Å². The van der Waals surface area contributed by atoms with Crippen LogP contribution in [0.3, 0.4) is 0 Å². The number of aryl methyl sites for hydroxylation is 1. The van der Waals surface area contributed by atoms with E-state index in [2.05, 4.69) is 15.9 Å². The molecule has 12 nitrogen and oxygen atoms in total. The van der Waals surface area contributed by atoms with Crippen LogP contribution in [-0.4, -0.2) is 67.0 Å². The van der Waals surface area contributed by atoms with Gasteiger partial charge in [0.2, 0.25) is 5.91 Å². The molecular formula is C37H47N5O7. The highest BCUT2D eigenvalue weighted by molar-refractivity contribution is 6.08. The fourth-order valence-electron chi connectivity index (χ4n) is 7.35. The van der Waals surface area contributed by atoms with Crippen LogP contribution < -0.4 is 16.2 Å². The summed E-state index contributed by atoms with van der Waals surface area (Å²) in [5.41, 5.74) is 4.05. The van der Waals surface area contributed by atoms with Gasteiger partial charge in [0.05, 0.1) is 17.4 Å². The van der Waals surface area contributed by atoms with Crippen molar-refractivity contribution < 1.29 is 29.4 Å². The van der Waals surface area contributed by atoms with Gasteiger partial charge in [-0.3, -0.25) is 24.1 Å². The van der Waals surface area contributed by atoms with Crippen LogP contribution in [0, 0.1) is 36.0 Å². The number of anilines is 1. The topological polar surface area (TPSA) is 187 Å². The summed E-state index contributed by atoms with van der Waals surface area (Å²) < 4.78 is 0. The van der Waals surface area contributed by atoms with Gasteiger partial charge in [-0.15, -0.1) is 6.42 Å². The molecule has 5 N–H and O–H groups in total. The maximum absolute atomic E-state index is 14.4. The number of fused-ring (bicyclic) bond motifs is 1. The lowest BCUT2D eigenvalue weighted by molar-refractivity contribution is -0.167. The van der Waals surface area contributed by atoms with Crippen LogP contribution in [0.5, 0.6) is 0 Å². The zero-order valence-electron chi connectivity index (χ0n) is 29.5. The number of hydrogen-bond donors (Lipinski definition) is 4. The SMILES string of the molecule is C#CCN(Cc1ccc2nc(C)[nH]c(=O)c2c1)c1ccc(C(=O)N(C(=O)CC[C@H](N)C(=O)O)[C@](C)(C(=O)O)C(C(C)(C)C)C(C)(C)C)cc1. The first-order chi connectivity index (χ1) is 22.6. The van der Waals surface area contributed by atoms with Crippen LogP contribution in [0.25, 0.3) is 10.9 Å². The summed E-state index contributed by atoms with van der Waals surface area (Å²) in [6.07, 6.45) is 4.94. The molecule has 0 saturated carbocycles. The van der Waals surface area contributed by atoms with Gasteiger partial charge in [0, 0.05) is 30.1 Å². The number of terminal acetylenes is 1. The van der Waals surface area contributed by atoms with Crippen LogP contribution in [-0.2, 0) is 20.9 Å². The normalized spacial score (nSPS) is 13.7. The van der Waals surface area contributed by atoms with Gasteiger partial charge in [-0.25, -0.2) is 9.78 Å². The van der Waals surface area contributed by atoms with Gasteiger partial charge in [-0.2, -0.15) is 0 Å². The Labute approximate surface area is 286 Å². The minimum absolute atomic E-state index is 0.0491. The van der Waals surface area contributed by atoms with Gasteiger partial charge in [-0.05, 0) is 73.1 Å². The van der Waals surface area contributed by atoms with Gasteiger partial charge >= 0.3 is 11.9 Å². The fraction of sp³-hybridized carbons (Fsp3) is 0.459. The fourth-order valence-corrected chi connectivity index (χ4v) is 7.35. The van der Waals surface area contributed by atoms with Crippen molar-refractivity contribution in [3.63, 3.8) is 0 Å². The second-order valence-corrected chi connectivity index (χ2v) is 14.7. The van der Waals surface area contributed by atoms with Crippen LogP contribution in [0.15, 0.2) is 47.3 Å². The number of carboxylic acid groups (broad SMARTS) is 2. The van der Waals surface area contributed by atoms with E-state index in [0.29, 0.717) is 29.0 Å². The van der Waals surface area contributed by atoms with Crippen molar-refractivity contribution in [2.24, 2.45) is 22.5 Å². The summed E-state index contributed by atoms with van der Waals surface area (Å²) in [7, 11) is 0. The molecule has 0 aliphatic carbocycles. The molecule has 0 aliphatic rings. The average molecular weight is 674 g/mol. The Morgan fingerprint density at radius 1 is 0.980 bits per heavy atom. The van der Waals surface area contributed by atoms with Gasteiger partial charge in [0.25, 0.3) is 11.5 Å². The number of rotatable bonds is 12. The van der Waals surface area contributed by atoms with Crippen molar-refractivity contribution in [3.05, 3.63) is 69.8 Å². The number of aliphatic carboxylic acids is 2. The van der Waals surface area contributed by atoms with Crippen molar-refractivity contribution in [1.82, 2.24) is 14.9 Å². The van der Waals surface area contributed by atoms with E-state index in [4.69, 9.17) is 12.2 Å². The summed E-state index contributed by atoms with van der Waals surface area (Å²) in [6.45, 7) is 14.7. The molecule has 49 heavy (non-hydrogen) atoms. The van der Waals surface area contributed by atoms with E-state index in [-0.39, 0.29) is 24.1 Å². The average Bonchev–Trinajstić information content (AvgIpc) is 2.98. The highest BCUT2D eigenvalue weighted by atomic mass is 16.4. The second-order valence-electron chi connectivity index (χ2n) is 14.7. The zero-order valence-corrected chi connectivity index (χ0v) is 29.5. The summed E-state index contributed by atoms with van der Waals surface area (Å²) in [6, 6.07) is 10.3. The third kappa shape index (κ3) is 8.53. The predicted molar refractivity (Wildman–Crippen MR) is 188 cm³/mol. The number of amides is 2. The van der Waals surface area contributed by atoms with Gasteiger partial charge in [0.1, 0.15) is 17.4 Å². The molecule has 0 spiro atoms. The second kappa shape index (κ2) is 14.6. The number of carboxylic acids is 2. The number of carbonyl (C=O) groups is 4. The molecule has 0 saturated heterocycles. The number of nitrogens with one attached hydrogen (secondary N) is 1. The first-order valence-electron chi connectivity index (χ1n) is 16.0. The first-order valence-corrected chi connectivity index (χ1v) is 16.0. The predicted octanol–water partition coefficient (Wildman–Crippen LogP) is 4.58. The number of H-pyrrole nitrogens is 1. The molecule has 3 rings (SSSR count). The van der Waals surface area contributed by atoms with Crippen molar-refractivity contribution in [2.45, 2.75) is 86.4 Å². The van der Waals surface area contributed by atoms with E-state index >= 15 is 0 Å². The van der Waals surface area contributed by atoms with Gasteiger partial charge in [-0.1, -0.05) is 53.5 Å². The first kappa shape index (κ1) is 38.4. The third-order valence-electron chi connectivity index (χ3n) is 8.65. The van der Waals surface area contributed by atoms with E-state index in [1.807, 2.05) is 52.5 Å². The summed E-state index contributed by atoms with van der Waals surface area (Å²) >= 11 is 0.